The van der Waals surface area contributed by atoms with E-state index in [4.69, 9.17) is 4.74 Å². The standard InChI is InChI=1S/C62H57N3O/c1-36(2)45-31-51(39(7)8)60-54(32-45)61-64(47-27-25-43(26-28-47)57-48(37(3)4)17-13-18-49(57)38(5)6)55-20-14-19-50-52-33-46(41-15-11-10-12-16-41)34-53-56-35-44(42-23-21-40(9)22-24-42)29-30-63(56)62(66-60,58(52)53)65(61)59(50)55/h10-39H,1-9H3/q+2/i36D,37D,38D,39D. The van der Waals surface area contributed by atoms with E-state index in [-0.39, 0.29) is 0 Å². The number of nitrogens with zero attached hydrogens (tertiary/aromatic N) is 3. The van der Waals surface area contributed by atoms with Gasteiger partial charge in [-0.25, -0.2) is 0 Å². The van der Waals surface area contributed by atoms with Gasteiger partial charge in [0, 0.05) is 28.7 Å². The van der Waals surface area contributed by atoms with Crippen molar-refractivity contribution in [3.8, 4) is 78.6 Å². The number of aryl methyl sites for hydroxylation is 1. The molecule has 0 N–H and O–H groups in total. The van der Waals surface area contributed by atoms with E-state index >= 15 is 0 Å². The maximum atomic E-state index is 9.78. The first kappa shape index (κ1) is 36.2. The van der Waals surface area contributed by atoms with Crippen LogP contribution in [0.25, 0.3) is 83.9 Å². The molecule has 66 heavy (non-hydrogen) atoms. The van der Waals surface area contributed by atoms with Gasteiger partial charge >= 0.3 is 11.7 Å². The first-order chi connectivity index (χ1) is 33.1. The molecule has 4 nitrogen and oxygen atoms in total. The molecule has 0 bridgehead atoms. The average molecular weight is 864 g/mol. The fourth-order valence-corrected chi connectivity index (χ4v) is 11.1. The summed E-state index contributed by atoms with van der Waals surface area (Å²) in [7, 11) is 0. The van der Waals surface area contributed by atoms with Crippen molar-refractivity contribution in [2.75, 3.05) is 0 Å². The first-order valence-corrected chi connectivity index (χ1v) is 23.3. The molecule has 0 saturated carbocycles. The van der Waals surface area contributed by atoms with Crippen LogP contribution in [0.5, 0.6) is 5.75 Å². The maximum Gasteiger partial charge on any atom is 0.499 e. The van der Waals surface area contributed by atoms with Crippen LogP contribution in [-0.2, 0) is 5.85 Å². The molecule has 4 heteroatoms. The van der Waals surface area contributed by atoms with Gasteiger partial charge in [-0.15, -0.1) is 9.13 Å². The lowest BCUT2D eigenvalue weighted by atomic mass is 9.85. The van der Waals surface area contributed by atoms with Gasteiger partial charge in [-0.2, -0.15) is 4.57 Å². The third kappa shape index (κ3) is 5.70. The first-order valence-electron chi connectivity index (χ1n) is 25.3. The molecule has 7 aromatic carbocycles. The van der Waals surface area contributed by atoms with Crippen LogP contribution < -0.4 is 13.9 Å². The van der Waals surface area contributed by atoms with Crippen molar-refractivity contribution < 1.29 is 19.4 Å². The van der Waals surface area contributed by atoms with Crippen molar-refractivity contribution in [3.05, 3.63) is 191 Å². The van der Waals surface area contributed by atoms with Crippen molar-refractivity contribution in [3.63, 3.8) is 0 Å². The van der Waals surface area contributed by atoms with Crippen LogP contribution in [0, 0.1) is 6.92 Å². The van der Waals surface area contributed by atoms with E-state index in [0.29, 0.717) is 11.3 Å². The zero-order chi connectivity index (χ0) is 49.0. The molecule has 9 aromatic rings. The van der Waals surface area contributed by atoms with Crippen molar-refractivity contribution in [2.45, 2.75) is 91.7 Å². The van der Waals surface area contributed by atoms with Gasteiger partial charge in [0.25, 0.3) is 0 Å². The molecular weight excluding hydrogens is 803 g/mol. The topological polar surface area (TPSA) is 21.9 Å². The van der Waals surface area contributed by atoms with E-state index in [0.717, 1.165) is 106 Å². The molecule has 0 radical (unpaired) electrons. The van der Waals surface area contributed by atoms with Crippen LogP contribution in [0.3, 0.4) is 0 Å². The van der Waals surface area contributed by atoms with E-state index in [9.17, 15) is 5.48 Å². The molecular formula is C62H57N3O+2. The van der Waals surface area contributed by atoms with Crippen molar-refractivity contribution >= 4 is 11.0 Å². The van der Waals surface area contributed by atoms with Gasteiger partial charge in [0.05, 0.1) is 5.56 Å². The summed E-state index contributed by atoms with van der Waals surface area (Å²) < 4.78 is 52.7. The summed E-state index contributed by atoms with van der Waals surface area (Å²) in [6.45, 7) is 17.4. The lowest BCUT2D eigenvalue weighted by Crippen LogP contribution is -2.78. The Morgan fingerprint density at radius 1 is 0.530 bits per heavy atom. The van der Waals surface area contributed by atoms with Crippen molar-refractivity contribution in [1.29, 1.82) is 0 Å². The van der Waals surface area contributed by atoms with Gasteiger partial charge in [0.2, 0.25) is 5.69 Å². The number of fused-ring (bicyclic) bond motifs is 5. The second-order valence-electron chi connectivity index (χ2n) is 19.4. The highest BCUT2D eigenvalue weighted by atomic mass is 16.5. The third-order valence-corrected chi connectivity index (χ3v) is 14.3. The number of rotatable bonds is 8. The van der Waals surface area contributed by atoms with Crippen LogP contribution in [0.4, 0.5) is 0 Å². The van der Waals surface area contributed by atoms with Crippen molar-refractivity contribution in [1.82, 2.24) is 4.57 Å². The van der Waals surface area contributed by atoms with E-state index in [1.807, 2.05) is 79.7 Å². The Morgan fingerprint density at radius 3 is 1.86 bits per heavy atom. The maximum absolute atomic E-state index is 9.78. The van der Waals surface area contributed by atoms with Crippen LogP contribution in [0.2, 0.25) is 0 Å². The SMILES string of the molecule is [2H]C(C)(C)c1cc2c(c(C([2H])(C)C)c1)OC13c4c(cc(-c5ccccc5)cc4-c4cc(-c5ccc(C)cc5)cc[n+]41)-c1cccc4c1[n+]3c-2n4-c1ccc(-c2c(C([2H])(C)C)cccc2C([2H])(C)C)cc1. The molecule has 5 heterocycles. The Balaban J connectivity index is 1.22. The van der Waals surface area contributed by atoms with E-state index < -0.39 is 29.4 Å². The molecule has 1 atom stereocenters. The molecule has 12 rings (SSSR count). The zero-order valence-electron chi connectivity index (χ0n) is 43.3. The minimum absolute atomic E-state index is 0.623. The van der Waals surface area contributed by atoms with Gasteiger partial charge in [-0.05, 0) is 129 Å². The van der Waals surface area contributed by atoms with Gasteiger partial charge < -0.3 is 4.74 Å². The average Bonchev–Trinajstić information content (AvgIpc) is 3.81. The summed E-state index contributed by atoms with van der Waals surface area (Å²) in [5.74, 6) is -3.63. The molecule has 0 amide bonds. The van der Waals surface area contributed by atoms with E-state index in [2.05, 4.69) is 154 Å². The molecule has 2 aromatic heterocycles. The largest absolute Gasteiger partial charge is 0.499 e. The second kappa shape index (κ2) is 14.7. The Morgan fingerprint density at radius 2 is 1.18 bits per heavy atom. The lowest BCUT2D eigenvalue weighted by molar-refractivity contribution is -0.997. The number of imidazole rings is 1. The minimum atomic E-state index is -1.26. The number of para-hydroxylation sites is 1. The summed E-state index contributed by atoms with van der Waals surface area (Å²) in [5.41, 5.74) is 19.9. The minimum Gasteiger partial charge on any atom is -0.392 e. The number of benzene rings is 7. The van der Waals surface area contributed by atoms with Crippen molar-refractivity contribution in [2.24, 2.45) is 0 Å². The van der Waals surface area contributed by atoms with Crippen LogP contribution in [0.15, 0.2) is 158 Å². The Hall–Kier alpha value is -7.04. The zero-order valence-corrected chi connectivity index (χ0v) is 39.3. The Kier molecular flexibility index (Phi) is 8.09. The normalized spacial score (nSPS) is 16.7. The van der Waals surface area contributed by atoms with Gasteiger partial charge in [0.1, 0.15) is 16.8 Å². The van der Waals surface area contributed by atoms with Gasteiger partial charge in [0.15, 0.2) is 23.0 Å². The highest BCUT2D eigenvalue weighted by Crippen LogP contribution is 2.56. The number of ether oxygens (including phenoxy) is 1. The molecule has 3 aliphatic rings. The Labute approximate surface area is 395 Å². The number of hydrogen-bond acceptors (Lipinski definition) is 1. The smallest absolute Gasteiger partial charge is 0.392 e. The fraction of sp³-hybridized carbons (Fsp3) is 0.226. The number of hydrogen-bond donors (Lipinski definition) is 0. The lowest BCUT2D eigenvalue weighted by Gasteiger charge is -2.34. The molecule has 3 aliphatic heterocycles. The molecule has 324 valence electrons. The monoisotopic (exact) mass is 863 g/mol. The summed E-state index contributed by atoms with van der Waals surface area (Å²) in [6.07, 6.45) is 2.19. The van der Waals surface area contributed by atoms with Crippen LogP contribution in [-0.4, -0.2) is 4.57 Å². The molecule has 1 spiro atoms. The second-order valence-corrected chi connectivity index (χ2v) is 19.4. The fourth-order valence-electron chi connectivity index (χ4n) is 11.1. The van der Waals surface area contributed by atoms with Crippen LogP contribution in [0.1, 0.15) is 118 Å². The van der Waals surface area contributed by atoms with Crippen LogP contribution >= 0.6 is 0 Å². The predicted octanol–water partition coefficient (Wildman–Crippen LogP) is 15.2. The Bertz CT molecular complexity index is 3630. The predicted molar refractivity (Wildman–Crippen MR) is 270 cm³/mol. The van der Waals surface area contributed by atoms with Gasteiger partial charge in [-0.3, -0.25) is 0 Å². The summed E-state index contributed by atoms with van der Waals surface area (Å²) >= 11 is 0. The molecule has 1 unspecified atom stereocenters. The highest BCUT2D eigenvalue weighted by molar-refractivity contribution is 5.99. The number of aromatic nitrogens is 3. The molecule has 0 aliphatic carbocycles. The molecule has 0 fully saturated rings. The summed E-state index contributed by atoms with van der Waals surface area (Å²) in [5, 5.41) is 0. The summed E-state index contributed by atoms with van der Waals surface area (Å²) in [4.78, 5) is 0. The highest BCUT2D eigenvalue weighted by Gasteiger charge is 2.69. The van der Waals surface area contributed by atoms with E-state index in [1.54, 1.807) is 0 Å². The van der Waals surface area contributed by atoms with Gasteiger partial charge in [-0.1, -0.05) is 158 Å². The number of pyridine rings is 1. The third-order valence-electron chi connectivity index (χ3n) is 14.3. The quantitative estimate of drug-likeness (QED) is 0.140. The van der Waals surface area contributed by atoms with E-state index in [1.165, 1.54) is 5.56 Å². The summed E-state index contributed by atoms with van der Waals surface area (Å²) in [6, 6.07) is 53.9. The molecule has 0 saturated heterocycles.